The van der Waals surface area contributed by atoms with Crippen LogP contribution in [0.4, 0.5) is 0 Å². The van der Waals surface area contributed by atoms with Gasteiger partial charge >= 0.3 is 5.97 Å². The Morgan fingerprint density at radius 1 is 1.43 bits per heavy atom. The van der Waals surface area contributed by atoms with Crippen LogP contribution in [0.25, 0.3) is 10.9 Å². The minimum absolute atomic E-state index is 0.0767. The topological polar surface area (TPSA) is 48.3 Å². The Balaban J connectivity index is 2.19. The van der Waals surface area contributed by atoms with Gasteiger partial charge in [0.25, 0.3) is 0 Å². The van der Waals surface area contributed by atoms with Crippen LogP contribution in [0.1, 0.15) is 42.1 Å². The Morgan fingerprint density at radius 2 is 2.22 bits per heavy atom. The number of esters is 1. The minimum Gasteiger partial charge on any atom is -0.462 e. The molecule has 0 radical (unpaired) electrons. The van der Waals surface area contributed by atoms with Crippen LogP contribution in [0.5, 0.6) is 0 Å². The summed E-state index contributed by atoms with van der Waals surface area (Å²) in [6.45, 7) is 2.77. The molecular weight excluding hydrogens is 290 g/mol. The van der Waals surface area contributed by atoms with Gasteiger partial charge in [-0.1, -0.05) is 12.3 Å². The first kappa shape index (κ1) is 15.4. The number of aromatic nitrogens is 1. The van der Waals surface area contributed by atoms with Gasteiger partial charge in [-0.3, -0.25) is 4.79 Å². The van der Waals surface area contributed by atoms with Gasteiger partial charge < -0.3 is 9.30 Å². The van der Waals surface area contributed by atoms with Crippen LogP contribution in [0.15, 0.2) is 29.2 Å². The molecule has 1 aliphatic rings. The average molecular weight is 309 g/mol. The highest BCUT2D eigenvalue weighted by Gasteiger charge is 2.21. The van der Waals surface area contributed by atoms with E-state index in [2.05, 4.69) is 5.92 Å². The summed E-state index contributed by atoms with van der Waals surface area (Å²) in [6.07, 6.45) is 10.7. The van der Waals surface area contributed by atoms with Gasteiger partial charge in [-0.2, -0.15) is 0 Å². The Labute approximate surface area is 135 Å². The molecule has 0 saturated heterocycles. The zero-order chi connectivity index (χ0) is 16.4. The quantitative estimate of drug-likeness (QED) is 0.644. The zero-order valence-electron chi connectivity index (χ0n) is 13.2. The summed E-state index contributed by atoms with van der Waals surface area (Å²) >= 11 is 0. The number of terminal acetylenes is 1. The molecule has 1 aliphatic carbocycles. The van der Waals surface area contributed by atoms with Crippen molar-refractivity contribution >= 4 is 16.9 Å². The molecule has 3 rings (SSSR count). The van der Waals surface area contributed by atoms with Gasteiger partial charge in [-0.05, 0) is 43.9 Å². The molecule has 1 saturated carbocycles. The number of nitrogens with zero attached hydrogens (tertiary/aromatic N) is 1. The highest BCUT2D eigenvalue weighted by molar-refractivity contribution is 5.94. The number of pyridine rings is 1. The first-order chi connectivity index (χ1) is 11.1. The normalized spacial score (nSPS) is 14.3. The second-order valence-electron chi connectivity index (χ2n) is 5.92. The van der Waals surface area contributed by atoms with Crippen molar-refractivity contribution in [3.63, 3.8) is 0 Å². The SMILES string of the molecule is C#Cc1ccc2c(c1)c(=O)c(C(=O)OCC)cn2CC1CCC1. The molecule has 0 amide bonds. The van der Waals surface area contributed by atoms with E-state index in [1.807, 2.05) is 16.7 Å². The molecule has 118 valence electrons. The second kappa shape index (κ2) is 6.29. The van der Waals surface area contributed by atoms with Crippen molar-refractivity contribution in [1.29, 1.82) is 0 Å². The third-order valence-corrected chi connectivity index (χ3v) is 4.42. The fraction of sp³-hybridized carbons (Fsp3) is 0.368. The lowest BCUT2D eigenvalue weighted by Crippen LogP contribution is -2.24. The fourth-order valence-electron chi connectivity index (χ4n) is 2.95. The van der Waals surface area contributed by atoms with E-state index in [0.717, 1.165) is 12.1 Å². The Bertz CT molecular complexity index is 853. The van der Waals surface area contributed by atoms with Crippen molar-refractivity contribution in [2.75, 3.05) is 6.61 Å². The van der Waals surface area contributed by atoms with Crippen LogP contribution in [0.2, 0.25) is 0 Å². The van der Waals surface area contributed by atoms with E-state index in [1.165, 1.54) is 19.3 Å². The highest BCUT2D eigenvalue weighted by Crippen LogP contribution is 2.29. The first-order valence-corrected chi connectivity index (χ1v) is 7.95. The molecular formula is C19H19NO3. The monoisotopic (exact) mass is 309 g/mol. The smallest absolute Gasteiger partial charge is 0.343 e. The van der Waals surface area contributed by atoms with Crippen molar-refractivity contribution in [3.8, 4) is 12.3 Å². The van der Waals surface area contributed by atoms with E-state index >= 15 is 0 Å². The van der Waals surface area contributed by atoms with Crippen molar-refractivity contribution in [1.82, 2.24) is 4.57 Å². The van der Waals surface area contributed by atoms with Gasteiger partial charge in [-0.15, -0.1) is 6.42 Å². The van der Waals surface area contributed by atoms with Gasteiger partial charge in [0, 0.05) is 23.7 Å². The number of carbonyl (C=O) groups is 1. The van der Waals surface area contributed by atoms with Crippen LogP contribution in [0.3, 0.4) is 0 Å². The van der Waals surface area contributed by atoms with Crippen LogP contribution in [-0.2, 0) is 11.3 Å². The Morgan fingerprint density at radius 3 is 2.83 bits per heavy atom. The summed E-state index contributed by atoms with van der Waals surface area (Å²) < 4.78 is 7.02. The lowest BCUT2D eigenvalue weighted by Gasteiger charge is -2.27. The third kappa shape index (κ3) is 2.87. The second-order valence-corrected chi connectivity index (χ2v) is 5.92. The molecule has 0 unspecified atom stereocenters. The lowest BCUT2D eigenvalue weighted by atomic mass is 9.85. The van der Waals surface area contributed by atoms with E-state index in [9.17, 15) is 9.59 Å². The van der Waals surface area contributed by atoms with Gasteiger partial charge in [0.15, 0.2) is 0 Å². The molecule has 0 atom stereocenters. The van der Waals surface area contributed by atoms with Gasteiger partial charge in [0.2, 0.25) is 5.43 Å². The standard InChI is InChI=1S/C19H19NO3/c1-3-13-8-9-17-15(10-13)18(21)16(19(22)23-4-2)12-20(17)11-14-6-5-7-14/h1,8-10,12,14H,4-7,11H2,2H3. The van der Waals surface area contributed by atoms with E-state index < -0.39 is 5.97 Å². The van der Waals surface area contributed by atoms with Crippen molar-refractivity contribution in [3.05, 3.63) is 45.7 Å². The largest absolute Gasteiger partial charge is 0.462 e. The summed E-state index contributed by atoms with van der Waals surface area (Å²) in [5.41, 5.74) is 1.20. The number of benzene rings is 1. The number of carbonyl (C=O) groups excluding carboxylic acids is 1. The van der Waals surface area contributed by atoms with Crippen molar-refractivity contribution in [2.45, 2.75) is 32.7 Å². The van der Waals surface area contributed by atoms with E-state index in [1.54, 1.807) is 19.2 Å². The minimum atomic E-state index is -0.576. The summed E-state index contributed by atoms with van der Waals surface area (Å²) in [5, 5.41) is 0.477. The number of rotatable bonds is 4. The maximum Gasteiger partial charge on any atom is 0.343 e. The van der Waals surface area contributed by atoms with Crippen LogP contribution in [0, 0.1) is 18.3 Å². The molecule has 0 aliphatic heterocycles. The van der Waals surface area contributed by atoms with E-state index in [0.29, 0.717) is 16.9 Å². The predicted octanol–water partition coefficient (Wildman–Crippen LogP) is 2.96. The van der Waals surface area contributed by atoms with E-state index in [4.69, 9.17) is 11.2 Å². The maximum absolute atomic E-state index is 12.7. The van der Waals surface area contributed by atoms with Crippen LogP contribution in [-0.4, -0.2) is 17.1 Å². The molecule has 0 spiro atoms. The fourth-order valence-corrected chi connectivity index (χ4v) is 2.95. The molecule has 0 N–H and O–H groups in total. The van der Waals surface area contributed by atoms with Crippen LogP contribution < -0.4 is 5.43 Å². The molecule has 1 fully saturated rings. The molecule has 0 bridgehead atoms. The molecule has 23 heavy (non-hydrogen) atoms. The number of hydrogen-bond acceptors (Lipinski definition) is 3. The Hall–Kier alpha value is -2.54. The molecule has 4 nitrogen and oxygen atoms in total. The Kier molecular flexibility index (Phi) is 4.20. The predicted molar refractivity (Wildman–Crippen MR) is 89.4 cm³/mol. The molecule has 2 aromatic rings. The molecule has 1 aromatic heterocycles. The zero-order valence-corrected chi connectivity index (χ0v) is 13.2. The first-order valence-electron chi connectivity index (χ1n) is 7.95. The number of fused-ring (bicyclic) bond motifs is 1. The molecule has 4 heteroatoms. The maximum atomic E-state index is 12.7. The lowest BCUT2D eigenvalue weighted by molar-refractivity contribution is 0.0524. The summed E-state index contributed by atoms with van der Waals surface area (Å²) in [5.74, 6) is 2.56. The number of ether oxygens (including phenoxy) is 1. The van der Waals surface area contributed by atoms with Gasteiger partial charge in [0.1, 0.15) is 5.56 Å². The summed E-state index contributed by atoms with van der Waals surface area (Å²) in [4.78, 5) is 24.8. The van der Waals surface area contributed by atoms with Crippen molar-refractivity contribution < 1.29 is 9.53 Å². The number of hydrogen-bond donors (Lipinski definition) is 0. The molecule has 1 heterocycles. The van der Waals surface area contributed by atoms with Crippen molar-refractivity contribution in [2.24, 2.45) is 5.92 Å². The third-order valence-electron chi connectivity index (χ3n) is 4.42. The highest BCUT2D eigenvalue weighted by atomic mass is 16.5. The average Bonchev–Trinajstić information content (AvgIpc) is 2.52. The van der Waals surface area contributed by atoms with Gasteiger partial charge in [0.05, 0.1) is 12.1 Å². The van der Waals surface area contributed by atoms with Gasteiger partial charge in [-0.25, -0.2) is 4.79 Å². The summed E-state index contributed by atoms with van der Waals surface area (Å²) in [7, 11) is 0. The summed E-state index contributed by atoms with van der Waals surface area (Å²) in [6, 6.07) is 5.36. The van der Waals surface area contributed by atoms with E-state index in [-0.39, 0.29) is 17.6 Å². The van der Waals surface area contributed by atoms with Crippen LogP contribution >= 0.6 is 0 Å². The molecule has 1 aromatic carbocycles.